The molecule has 0 unspecified atom stereocenters. The lowest BCUT2D eigenvalue weighted by molar-refractivity contribution is -0.139. The summed E-state index contributed by atoms with van der Waals surface area (Å²) in [6.07, 6.45) is 2.12. The van der Waals surface area contributed by atoms with Crippen molar-refractivity contribution in [3.05, 3.63) is 35.5 Å². The molecule has 0 fully saturated rings. The lowest BCUT2D eigenvalue weighted by Crippen LogP contribution is -2.39. The summed E-state index contributed by atoms with van der Waals surface area (Å²) < 4.78 is 0. The number of H-pyrrole nitrogens is 1. The average Bonchev–Trinajstić information content (AvgIpc) is 2.82. The fourth-order valence-electron chi connectivity index (χ4n) is 2.74. The second-order valence-electron chi connectivity index (χ2n) is 5.81. The van der Waals surface area contributed by atoms with Crippen molar-refractivity contribution in [2.45, 2.75) is 39.7 Å². The summed E-state index contributed by atoms with van der Waals surface area (Å²) >= 11 is 0. The van der Waals surface area contributed by atoms with E-state index in [9.17, 15) is 9.59 Å². The molecule has 5 heteroatoms. The van der Waals surface area contributed by atoms with Gasteiger partial charge in [0.2, 0.25) is 5.91 Å². The summed E-state index contributed by atoms with van der Waals surface area (Å²) in [7, 11) is 0. The Hall–Kier alpha value is -2.30. The van der Waals surface area contributed by atoms with Crippen LogP contribution in [-0.4, -0.2) is 39.5 Å². The molecule has 1 heterocycles. The van der Waals surface area contributed by atoms with E-state index in [2.05, 4.69) is 4.98 Å². The van der Waals surface area contributed by atoms with Gasteiger partial charge in [-0.05, 0) is 38.0 Å². The van der Waals surface area contributed by atoms with E-state index in [1.54, 1.807) is 4.90 Å². The van der Waals surface area contributed by atoms with Crippen molar-refractivity contribution >= 4 is 22.8 Å². The summed E-state index contributed by atoms with van der Waals surface area (Å²) in [6.45, 7) is 6.07. The summed E-state index contributed by atoms with van der Waals surface area (Å²) in [4.78, 5) is 28.1. The highest BCUT2D eigenvalue weighted by Crippen LogP contribution is 2.23. The first-order valence-corrected chi connectivity index (χ1v) is 7.47. The number of nitrogens with one attached hydrogen (secondary N) is 1. The number of carbonyl (C=O) groups excluding carboxylic acids is 1. The number of amides is 1. The van der Waals surface area contributed by atoms with Gasteiger partial charge in [0.15, 0.2) is 0 Å². The van der Waals surface area contributed by atoms with E-state index in [-0.39, 0.29) is 31.3 Å². The lowest BCUT2D eigenvalue weighted by Gasteiger charge is -2.26. The summed E-state index contributed by atoms with van der Waals surface area (Å²) in [5.74, 6) is -0.929. The van der Waals surface area contributed by atoms with Crippen molar-refractivity contribution in [1.29, 1.82) is 0 Å². The molecular formula is C17H22N2O3. The van der Waals surface area contributed by atoms with Gasteiger partial charge in [0.25, 0.3) is 0 Å². The minimum atomic E-state index is -0.888. The minimum Gasteiger partial charge on any atom is -0.481 e. The molecule has 2 rings (SSSR count). The van der Waals surface area contributed by atoms with Crippen molar-refractivity contribution in [2.24, 2.45) is 0 Å². The van der Waals surface area contributed by atoms with E-state index in [1.165, 1.54) is 0 Å². The topological polar surface area (TPSA) is 73.4 Å². The predicted molar refractivity (Wildman–Crippen MR) is 85.8 cm³/mol. The Morgan fingerprint density at radius 1 is 1.32 bits per heavy atom. The number of benzene rings is 1. The van der Waals surface area contributed by atoms with Crippen molar-refractivity contribution < 1.29 is 14.7 Å². The first-order valence-electron chi connectivity index (χ1n) is 7.47. The first-order chi connectivity index (χ1) is 10.4. The van der Waals surface area contributed by atoms with Crippen LogP contribution in [0.25, 0.3) is 10.9 Å². The molecule has 118 valence electrons. The number of rotatable bonds is 6. The number of hydrogen-bond donors (Lipinski definition) is 2. The van der Waals surface area contributed by atoms with E-state index in [0.29, 0.717) is 0 Å². The second-order valence-corrected chi connectivity index (χ2v) is 5.81. The first kappa shape index (κ1) is 16.1. The molecule has 0 saturated heterocycles. The van der Waals surface area contributed by atoms with Gasteiger partial charge in [-0.15, -0.1) is 0 Å². The maximum absolute atomic E-state index is 12.5. The SMILES string of the molecule is Cc1cccc2[nH]cc(CC(=O)N(CCC(=O)O)C(C)C)c12. The molecule has 1 amide bonds. The van der Waals surface area contributed by atoms with Crippen LogP contribution in [0.3, 0.4) is 0 Å². The van der Waals surface area contributed by atoms with Gasteiger partial charge in [-0.1, -0.05) is 12.1 Å². The van der Waals surface area contributed by atoms with Crippen LogP contribution in [0.4, 0.5) is 0 Å². The van der Waals surface area contributed by atoms with Crippen molar-refractivity contribution in [2.75, 3.05) is 6.54 Å². The van der Waals surface area contributed by atoms with Gasteiger partial charge in [-0.25, -0.2) is 0 Å². The number of carbonyl (C=O) groups is 2. The fraction of sp³-hybridized carbons (Fsp3) is 0.412. The summed E-state index contributed by atoms with van der Waals surface area (Å²) in [6, 6.07) is 5.97. The number of aromatic nitrogens is 1. The molecule has 2 aromatic rings. The predicted octanol–water partition coefficient (Wildman–Crippen LogP) is 2.73. The third kappa shape index (κ3) is 3.47. The number of aryl methyl sites for hydroxylation is 1. The third-order valence-corrected chi connectivity index (χ3v) is 3.85. The standard InChI is InChI=1S/C17H22N2O3/c1-11(2)19(8-7-16(21)22)15(20)9-13-10-18-14-6-4-5-12(3)17(13)14/h4-6,10-11,18H,7-9H2,1-3H3,(H,21,22). The monoisotopic (exact) mass is 302 g/mol. The van der Waals surface area contributed by atoms with Gasteiger partial charge in [0.05, 0.1) is 12.8 Å². The van der Waals surface area contributed by atoms with E-state index < -0.39 is 5.97 Å². The molecule has 0 radical (unpaired) electrons. The quantitative estimate of drug-likeness (QED) is 0.861. The molecule has 0 aliphatic heterocycles. The highest BCUT2D eigenvalue weighted by molar-refractivity contribution is 5.91. The van der Waals surface area contributed by atoms with Crippen LogP contribution in [0.5, 0.6) is 0 Å². The van der Waals surface area contributed by atoms with E-state index in [0.717, 1.165) is 22.0 Å². The molecule has 0 aliphatic rings. The number of carboxylic acid groups (broad SMARTS) is 1. The maximum atomic E-state index is 12.5. The zero-order valence-corrected chi connectivity index (χ0v) is 13.2. The van der Waals surface area contributed by atoms with Gasteiger partial charge in [-0.2, -0.15) is 0 Å². The fourth-order valence-corrected chi connectivity index (χ4v) is 2.74. The Kier molecular flexibility index (Phi) is 4.85. The number of aliphatic carboxylic acids is 1. The Labute approximate surface area is 129 Å². The average molecular weight is 302 g/mol. The molecule has 1 aromatic heterocycles. The molecule has 0 atom stereocenters. The molecule has 2 N–H and O–H groups in total. The van der Waals surface area contributed by atoms with Crippen LogP contribution in [0, 0.1) is 6.92 Å². The molecule has 22 heavy (non-hydrogen) atoms. The van der Waals surface area contributed by atoms with E-state index in [1.807, 2.05) is 45.2 Å². The van der Waals surface area contributed by atoms with Gasteiger partial charge in [0.1, 0.15) is 0 Å². The highest BCUT2D eigenvalue weighted by atomic mass is 16.4. The van der Waals surface area contributed by atoms with Crippen LogP contribution in [0.2, 0.25) is 0 Å². The molecule has 0 saturated carbocycles. The Morgan fingerprint density at radius 3 is 2.68 bits per heavy atom. The van der Waals surface area contributed by atoms with Gasteiger partial charge < -0.3 is 15.0 Å². The Morgan fingerprint density at radius 2 is 2.05 bits per heavy atom. The van der Waals surface area contributed by atoms with E-state index in [4.69, 9.17) is 5.11 Å². The van der Waals surface area contributed by atoms with Crippen molar-refractivity contribution in [3.63, 3.8) is 0 Å². The van der Waals surface area contributed by atoms with Crippen LogP contribution < -0.4 is 0 Å². The maximum Gasteiger partial charge on any atom is 0.305 e. The van der Waals surface area contributed by atoms with Crippen LogP contribution in [0.1, 0.15) is 31.4 Å². The molecule has 0 bridgehead atoms. The third-order valence-electron chi connectivity index (χ3n) is 3.85. The zero-order valence-electron chi connectivity index (χ0n) is 13.2. The van der Waals surface area contributed by atoms with E-state index >= 15 is 0 Å². The summed E-state index contributed by atoms with van der Waals surface area (Å²) in [5.41, 5.74) is 3.10. The second kappa shape index (κ2) is 6.64. The molecule has 0 spiro atoms. The molecule has 1 aromatic carbocycles. The van der Waals surface area contributed by atoms with Crippen LogP contribution in [-0.2, 0) is 16.0 Å². The number of nitrogens with zero attached hydrogens (tertiary/aromatic N) is 1. The highest BCUT2D eigenvalue weighted by Gasteiger charge is 2.19. The number of fused-ring (bicyclic) bond motifs is 1. The van der Waals surface area contributed by atoms with Gasteiger partial charge in [-0.3, -0.25) is 9.59 Å². The van der Waals surface area contributed by atoms with Gasteiger partial charge >= 0.3 is 5.97 Å². The lowest BCUT2D eigenvalue weighted by atomic mass is 10.0. The molecular weight excluding hydrogens is 280 g/mol. The van der Waals surface area contributed by atoms with Crippen molar-refractivity contribution in [1.82, 2.24) is 9.88 Å². The Bertz CT molecular complexity index is 688. The van der Waals surface area contributed by atoms with Gasteiger partial charge in [0, 0.05) is 29.7 Å². The molecule has 5 nitrogen and oxygen atoms in total. The smallest absolute Gasteiger partial charge is 0.305 e. The number of carboxylic acids is 1. The number of aromatic amines is 1. The van der Waals surface area contributed by atoms with Crippen LogP contribution in [0.15, 0.2) is 24.4 Å². The zero-order chi connectivity index (χ0) is 16.3. The largest absolute Gasteiger partial charge is 0.481 e. The minimum absolute atomic E-state index is 0.0156. The number of hydrogen-bond acceptors (Lipinski definition) is 2. The Balaban J connectivity index is 2.19. The van der Waals surface area contributed by atoms with Crippen molar-refractivity contribution in [3.8, 4) is 0 Å². The summed E-state index contributed by atoms with van der Waals surface area (Å²) in [5, 5.41) is 9.90. The molecule has 0 aliphatic carbocycles. The normalized spacial score (nSPS) is 11.1. The van der Waals surface area contributed by atoms with Crippen LogP contribution >= 0.6 is 0 Å².